The van der Waals surface area contributed by atoms with E-state index in [9.17, 15) is 18.5 Å². The second kappa shape index (κ2) is 5.98. The van der Waals surface area contributed by atoms with Crippen molar-refractivity contribution in [2.75, 3.05) is 30.8 Å². The zero-order valence-electron chi connectivity index (χ0n) is 11.9. The van der Waals surface area contributed by atoms with E-state index in [0.717, 1.165) is 19.1 Å². The number of para-hydroxylation sites is 1. The van der Waals surface area contributed by atoms with Crippen molar-refractivity contribution in [2.45, 2.75) is 17.7 Å². The van der Waals surface area contributed by atoms with Crippen LogP contribution in [0.2, 0.25) is 0 Å². The van der Waals surface area contributed by atoms with Crippen molar-refractivity contribution in [2.24, 2.45) is 11.7 Å². The van der Waals surface area contributed by atoms with Gasteiger partial charge in [-0.3, -0.25) is 10.1 Å². The third-order valence-electron chi connectivity index (χ3n) is 3.85. The molecule has 21 heavy (non-hydrogen) atoms. The number of sulfone groups is 1. The van der Waals surface area contributed by atoms with Crippen molar-refractivity contribution in [3.8, 4) is 0 Å². The van der Waals surface area contributed by atoms with E-state index in [1.807, 2.05) is 4.90 Å². The Balaban J connectivity index is 2.43. The molecule has 1 fully saturated rings. The largest absolute Gasteiger partial charge is 0.366 e. The van der Waals surface area contributed by atoms with Gasteiger partial charge in [0.15, 0.2) is 9.84 Å². The van der Waals surface area contributed by atoms with Crippen molar-refractivity contribution in [1.82, 2.24) is 0 Å². The Hall–Kier alpha value is -1.67. The first-order valence-corrected chi connectivity index (χ1v) is 8.66. The summed E-state index contributed by atoms with van der Waals surface area (Å²) in [5.74, 6) is 0.429. The lowest BCUT2D eigenvalue weighted by atomic mass is 9.96. The quantitative estimate of drug-likeness (QED) is 0.660. The Kier molecular flexibility index (Phi) is 4.48. The van der Waals surface area contributed by atoms with Crippen LogP contribution in [-0.2, 0) is 9.84 Å². The summed E-state index contributed by atoms with van der Waals surface area (Å²) >= 11 is 0. The highest BCUT2D eigenvalue weighted by Gasteiger charge is 2.30. The molecule has 0 amide bonds. The first-order chi connectivity index (χ1) is 9.84. The van der Waals surface area contributed by atoms with E-state index in [1.165, 1.54) is 6.07 Å². The van der Waals surface area contributed by atoms with Gasteiger partial charge in [-0.1, -0.05) is 6.07 Å². The van der Waals surface area contributed by atoms with Crippen molar-refractivity contribution < 1.29 is 13.3 Å². The molecular weight excluding hydrogens is 294 g/mol. The van der Waals surface area contributed by atoms with Crippen LogP contribution in [0.5, 0.6) is 0 Å². The van der Waals surface area contributed by atoms with Gasteiger partial charge in [-0.05, 0) is 37.4 Å². The third kappa shape index (κ3) is 3.33. The summed E-state index contributed by atoms with van der Waals surface area (Å²) in [6.45, 7) is 1.91. The lowest BCUT2D eigenvalue weighted by Crippen LogP contribution is -2.36. The monoisotopic (exact) mass is 313 g/mol. The van der Waals surface area contributed by atoms with Gasteiger partial charge in [0, 0.05) is 19.3 Å². The maximum Gasteiger partial charge on any atom is 0.311 e. The normalized spacial score (nSPS) is 17.0. The molecule has 0 aromatic heterocycles. The summed E-state index contributed by atoms with van der Waals surface area (Å²) < 4.78 is 23.5. The topological polar surface area (TPSA) is 107 Å². The number of hydrogen-bond donors (Lipinski definition) is 1. The van der Waals surface area contributed by atoms with Crippen LogP contribution in [0.15, 0.2) is 23.1 Å². The number of hydrogen-bond acceptors (Lipinski definition) is 6. The van der Waals surface area contributed by atoms with E-state index in [1.54, 1.807) is 12.1 Å². The zero-order valence-corrected chi connectivity index (χ0v) is 12.7. The molecule has 1 aliphatic rings. The van der Waals surface area contributed by atoms with Crippen molar-refractivity contribution >= 4 is 21.2 Å². The van der Waals surface area contributed by atoms with Crippen molar-refractivity contribution in [1.29, 1.82) is 0 Å². The molecule has 0 atom stereocenters. The fourth-order valence-electron chi connectivity index (χ4n) is 2.66. The van der Waals surface area contributed by atoms with Gasteiger partial charge < -0.3 is 10.6 Å². The highest BCUT2D eigenvalue weighted by molar-refractivity contribution is 7.90. The summed E-state index contributed by atoms with van der Waals surface area (Å²) in [6, 6.07) is 4.44. The molecule has 0 spiro atoms. The van der Waals surface area contributed by atoms with Gasteiger partial charge in [0.2, 0.25) is 0 Å². The molecule has 0 bridgehead atoms. The van der Waals surface area contributed by atoms with Crippen LogP contribution in [0, 0.1) is 16.0 Å². The number of piperidine rings is 1. The number of nitrogens with zero attached hydrogens (tertiary/aromatic N) is 2. The van der Waals surface area contributed by atoms with Crippen molar-refractivity contribution in [3.05, 3.63) is 28.3 Å². The molecule has 1 saturated heterocycles. The number of nitro benzene ring substituents is 1. The molecule has 2 rings (SSSR count). The number of benzene rings is 1. The minimum absolute atomic E-state index is 0.231. The third-order valence-corrected chi connectivity index (χ3v) is 4.98. The summed E-state index contributed by atoms with van der Waals surface area (Å²) in [4.78, 5) is 12.4. The van der Waals surface area contributed by atoms with Crippen LogP contribution in [0.25, 0.3) is 0 Å². The molecule has 0 saturated carbocycles. The second-order valence-corrected chi connectivity index (χ2v) is 7.30. The molecule has 0 aliphatic carbocycles. The fourth-order valence-corrected chi connectivity index (χ4v) is 3.51. The smallest absolute Gasteiger partial charge is 0.311 e. The van der Waals surface area contributed by atoms with Gasteiger partial charge in [0.05, 0.1) is 4.92 Å². The van der Waals surface area contributed by atoms with E-state index in [-0.39, 0.29) is 10.6 Å². The Morgan fingerprint density at radius 1 is 1.38 bits per heavy atom. The molecule has 2 N–H and O–H groups in total. The highest BCUT2D eigenvalue weighted by Crippen LogP contribution is 2.36. The Bertz CT molecular complexity index is 637. The average molecular weight is 313 g/mol. The summed E-state index contributed by atoms with van der Waals surface area (Å²) in [5.41, 5.74) is 5.69. The first kappa shape index (κ1) is 15.7. The molecule has 8 heteroatoms. The standard InChI is InChI=1S/C13H19N3O4S/c1-21(19,20)12-4-2-3-11(13(12)16(17)18)15-7-5-10(9-14)6-8-15/h2-4,10H,5-9,14H2,1H3. The van der Waals surface area contributed by atoms with Gasteiger partial charge in [-0.2, -0.15) is 0 Å². The van der Waals surface area contributed by atoms with E-state index < -0.39 is 14.8 Å². The molecule has 0 unspecified atom stereocenters. The first-order valence-electron chi connectivity index (χ1n) is 6.77. The van der Waals surface area contributed by atoms with Crippen LogP contribution in [0.3, 0.4) is 0 Å². The molecule has 1 aliphatic heterocycles. The number of anilines is 1. The number of nitrogens with two attached hydrogens (primary N) is 1. The maximum absolute atomic E-state index is 11.8. The summed E-state index contributed by atoms with van der Waals surface area (Å²) in [5, 5.41) is 11.3. The van der Waals surface area contributed by atoms with E-state index in [4.69, 9.17) is 5.73 Å². The van der Waals surface area contributed by atoms with Crippen LogP contribution in [0.1, 0.15) is 12.8 Å². The molecule has 116 valence electrons. The molecule has 1 aromatic carbocycles. The lowest BCUT2D eigenvalue weighted by molar-refractivity contribution is -0.387. The van der Waals surface area contributed by atoms with Crippen LogP contribution >= 0.6 is 0 Å². The van der Waals surface area contributed by atoms with E-state index in [2.05, 4.69) is 0 Å². The highest BCUT2D eigenvalue weighted by atomic mass is 32.2. The lowest BCUT2D eigenvalue weighted by Gasteiger charge is -2.32. The SMILES string of the molecule is CS(=O)(=O)c1cccc(N2CCC(CN)CC2)c1[N+](=O)[O-]. The van der Waals surface area contributed by atoms with Gasteiger partial charge >= 0.3 is 5.69 Å². The maximum atomic E-state index is 11.8. The average Bonchev–Trinajstić information content (AvgIpc) is 2.45. The van der Waals surface area contributed by atoms with Crippen LogP contribution in [-0.4, -0.2) is 39.2 Å². The van der Waals surface area contributed by atoms with E-state index >= 15 is 0 Å². The second-order valence-electron chi connectivity index (χ2n) is 5.32. The summed E-state index contributed by atoms with van der Waals surface area (Å²) in [6.07, 6.45) is 2.70. The van der Waals surface area contributed by atoms with Gasteiger partial charge in [0.25, 0.3) is 0 Å². The summed E-state index contributed by atoms with van der Waals surface area (Å²) in [7, 11) is -3.64. The van der Waals surface area contributed by atoms with E-state index in [0.29, 0.717) is 31.2 Å². The van der Waals surface area contributed by atoms with Crippen LogP contribution < -0.4 is 10.6 Å². The minimum Gasteiger partial charge on any atom is -0.366 e. The Morgan fingerprint density at radius 2 is 2.00 bits per heavy atom. The van der Waals surface area contributed by atoms with Crippen molar-refractivity contribution in [3.63, 3.8) is 0 Å². The Morgan fingerprint density at radius 3 is 2.48 bits per heavy atom. The molecule has 1 heterocycles. The fraction of sp³-hybridized carbons (Fsp3) is 0.538. The minimum atomic E-state index is -3.64. The van der Waals surface area contributed by atoms with Gasteiger partial charge in [-0.25, -0.2) is 8.42 Å². The molecule has 1 aromatic rings. The predicted molar refractivity (Wildman–Crippen MR) is 80.2 cm³/mol. The molecular formula is C13H19N3O4S. The van der Waals surface area contributed by atoms with Gasteiger partial charge in [-0.15, -0.1) is 0 Å². The number of nitro groups is 1. The molecule has 7 nitrogen and oxygen atoms in total. The van der Waals surface area contributed by atoms with Crippen LogP contribution in [0.4, 0.5) is 11.4 Å². The Labute approximate surface area is 123 Å². The zero-order chi connectivity index (χ0) is 15.6. The predicted octanol–water partition coefficient (Wildman–Crippen LogP) is 1.17. The number of rotatable bonds is 4. The van der Waals surface area contributed by atoms with Gasteiger partial charge in [0.1, 0.15) is 10.6 Å². The molecule has 0 radical (unpaired) electrons.